The first-order valence-electron chi connectivity index (χ1n) is 10.5. The number of aryl methyl sites for hydroxylation is 1. The molecule has 172 valence electrons. The van der Waals surface area contributed by atoms with Crippen LogP contribution in [0.5, 0.6) is 5.75 Å². The molecule has 0 saturated carbocycles. The quantitative estimate of drug-likeness (QED) is 0.188. The fourth-order valence-corrected chi connectivity index (χ4v) is 3.72. The number of nitrogens with one attached hydrogen (secondary N) is 1. The first-order valence-corrected chi connectivity index (χ1v) is 11.2. The monoisotopic (exact) mass is 486 g/mol. The Labute approximate surface area is 202 Å². The van der Waals surface area contributed by atoms with Crippen LogP contribution in [0.1, 0.15) is 35.2 Å². The van der Waals surface area contributed by atoms with E-state index in [0.29, 0.717) is 52.2 Å². The molecule has 0 aliphatic rings. The number of hydrogen-bond acceptors (Lipinski definition) is 5. The summed E-state index contributed by atoms with van der Waals surface area (Å²) in [6, 6.07) is 14.2. The number of rotatable bonds is 11. The molecule has 3 rings (SSSR count). The normalized spacial score (nSPS) is 10.6. The summed E-state index contributed by atoms with van der Waals surface area (Å²) < 4.78 is 5.77. The van der Waals surface area contributed by atoms with Gasteiger partial charge in [-0.3, -0.25) is 9.59 Å². The van der Waals surface area contributed by atoms with E-state index in [1.807, 2.05) is 25.1 Å². The molecular weight excluding hydrogens is 463 g/mol. The molecule has 0 aliphatic carbocycles. The summed E-state index contributed by atoms with van der Waals surface area (Å²) in [5, 5.41) is 12.8. The molecule has 8 heteroatoms. The van der Waals surface area contributed by atoms with Crippen LogP contribution < -0.4 is 10.1 Å². The van der Waals surface area contributed by atoms with Crippen molar-refractivity contribution in [3.8, 4) is 16.9 Å². The molecule has 0 bridgehead atoms. The van der Waals surface area contributed by atoms with Crippen LogP contribution in [0.15, 0.2) is 54.7 Å². The fraction of sp³-hybridized carbons (Fsp3) is 0.240. The second-order valence-electron chi connectivity index (χ2n) is 7.49. The summed E-state index contributed by atoms with van der Waals surface area (Å²) in [6.45, 7) is 2.38. The van der Waals surface area contributed by atoms with Gasteiger partial charge in [-0.2, -0.15) is 0 Å². The molecule has 33 heavy (non-hydrogen) atoms. The third kappa shape index (κ3) is 6.94. The van der Waals surface area contributed by atoms with Crippen LogP contribution in [0.25, 0.3) is 11.1 Å². The Morgan fingerprint density at radius 1 is 1.06 bits per heavy atom. The number of unbranched alkanes of at least 4 members (excludes halogenated alkanes) is 1. The van der Waals surface area contributed by atoms with Gasteiger partial charge in [-0.05, 0) is 61.7 Å². The highest BCUT2D eigenvalue weighted by atomic mass is 35.5. The van der Waals surface area contributed by atoms with Gasteiger partial charge < -0.3 is 15.2 Å². The number of Topliss-reactive ketones (excluding diaryl/α,β-unsaturated/α-hetero) is 1. The number of ether oxygens (including phenoxy) is 1. The third-order valence-electron chi connectivity index (χ3n) is 5.02. The predicted octanol–water partition coefficient (Wildman–Crippen LogP) is 6.29. The van der Waals surface area contributed by atoms with Crippen molar-refractivity contribution in [3.63, 3.8) is 0 Å². The van der Waals surface area contributed by atoms with E-state index < -0.39 is 5.97 Å². The van der Waals surface area contributed by atoms with Gasteiger partial charge in [0, 0.05) is 34.3 Å². The zero-order valence-electron chi connectivity index (χ0n) is 18.1. The molecule has 3 aromatic rings. The van der Waals surface area contributed by atoms with Crippen molar-refractivity contribution >= 4 is 40.6 Å². The van der Waals surface area contributed by atoms with E-state index >= 15 is 0 Å². The average molecular weight is 487 g/mol. The number of ketones is 1. The number of carboxylic acids is 1. The van der Waals surface area contributed by atoms with Gasteiger partial charge in [-0.1, -0.05) is 35.3 Å². The van der Waals surface area contributed by atoms with Crippen molar-refractivity contribution in [1.29, 1.82) is 0 Å². The van der Waals surface area contributed by atoms with Crippen molar-refractivity contribution in [1.82, 2.24) is 4.98 Å². The maximum Gasteiger partial charge on any atom is 0.303 e. The number of aromatic nitrogens is 1. The number of halogens is 2. The topological polar surface area (TPSA) is 88.5 Å². The molecule has 0 unspecified atom stereocenters. The Morgan fingerprint density at radius 3 is 2.61 bits per heavy atom. The first-order chi connectivity index (χ1) is 15.8. The predicted molar refractivity (Wildman–Crippen MR) is 131 cm³/mol. The number of benzene rings is 2. The van der Waals surface area contributed by atoms with Gasteiger partial charge in [0.15, 0.2) is 5.78 Å². The Hall–Kier alpha value is -3.09. The molecule has 1 heterocycles. The minimum absolute atomic E-state index is 0.0678. The first kappa shape index (κ1) is 24.6. The van der Waals surface area contributed by atoms with Crippen molar-refractivity contribution in [2.75, 3.05) is 18.5 Å². The second kappa shape index (κ2) is 11.7. The van der Waals surface area contributed by atoms with E-state index in [4.69, 9.17) is 33.0 Å². The van der Waals surface area contributed by atoms with E-state index in [2.05, 4.69) is 10.3 Å². The minimum atomic E-state index is -0.816. The van der Waals surface area contributed by atoms with Gasteiger partial charge in [0.2, 0.25) is 0 Å². The van der Waals surface area contributed by atoms with Gasteiger partial charge in [-0.15, -0.1) is 0 Å². The number of carbonyl (C=O) groups is 2. The maximum absolute atomic E-state index is 12.9. The molecule has 1 aromatic heterocycles. The number of carboxylic acid groups (broad SMARTS) is 1. The van der Waals surface area contributed by atoms with Crippen molar-refractivity contribution in [3.05, 3.63) is 76.0 Å². The highest BCUT2D eigenvalue weighted by Gasteiger charge is 2.13. The molecule has 0 amide bonds. The Morgan fingerprint density at radius 2 is 1.85 bits per heavy atom. The van der Waals surface area contributed by atoms with Crippen LogP contribution in [-0.4, -0.2) is 35.0 Å². The summed E-state index contributed by atoms with van der Waals surface area (Å²) in [4.78, 5) is 27.6. The zero-order chi connectivity index (χ0) is 23.8. The number of hydrogen-bond donors (Lipinski definition) is 2. The average Bonchev–Trinajstić information content (AvgIpc) is 2.78. The van der Waals surface area contributed by atoms with Gasteiger partial charge in [0.25, 0.3) is 0 Å². The highest BCUT2D eigenvalue weighted by molar-refractivity contribution is 6.33. The molecule has 0 spiro atoms. The lowest BCUT2D eigenvalue weighted by Gasteiger charge is -2.13. The van der Waals surface area contributed by atoms with Crippen LogP contribution >= 0.6 is 23.2 Å². The van der Waals surface area contributed by atoms with E-state index in [1.165, 1.54) is 0 Å². The van der Waals surface area contributed by atoms with E-state index in [1.54, 1.807) is 36.5 Å². The lowest BCUT2D eigenvalue weighted by Crippen LogP contribution is -2.15. The van der Waals surface area contributed by atoms with E-state index in [-0.39, 0.29) is 18.7 Å². The van der Waals surface area contributed by atoms with Crippen LogP contribution in [0.3, 0.4) is 0 Å². The number of para-hydroxylation sites is 2. The van der Waals surface area contributed by atoms with Gasteiger partial charge in [0.05, 0.1) is 18.8 Å². The summed E-state index contributed by atoms with van der Waals surface area (Å²) in [7, 11) is 0. The van der Waals surface area contributed by atoms with Crippen molar-refractivity contribution in [2.45, 2.75) is 26.2 Å². The second-order valence-corrected chi connectivity index (χ2v) is 8.28. The largest absolute Gasteiger partial charge is 0.491 e. The number of nitrogens with zero attached hydrogens (tertiary/aromatic N) is 1. The Kier molecular flexibility index (Phi) is 8.69. The van der Waals surface area contributed by atoms with Crippen LogP contribution in [0, 0.1) is 6.92 Å². The van der Waals surface area contributed by atoms with Crippen LogP contribution in [-0.2, 0) is 4.79 Å². The summed E-state index contributed by atoms with van der Waals surface area (Å²) in [5.74, 6) is -0.313. The fourth-order valence-electron chi connectivity index (χ4n) is 3.29. The maximum atomic E-state index is 12.9. The van der Waals surface area contributed by atoms with Crippen LogP contribution in [0.2, 0.25) is 10.2 Å². The molecule has 0 aliphatic heterocycles. The Balaban J connectivity index is 1.66. The lowest BCUT2D eigenvalue weighted by molar-refractivity contribution is -0.137. The molecular formula is C25H24Cl2N2O4. The van der Waals surface area contributed by atoms with Gasteiger partial charge >= 0.3 is 5.97 Å². The third-order valence-corrected chi connectivity index (χ3v) is 5.56. The summed E-state index contributed by atoms with van der Waals surface area (Å²) in [6.07, 6.45) is 2.94. The van der Waals surface area contributed by atoms with E-state index in [9.17, 15) is 9.59 Å². The number of carbonyl (C=O) groups excluding carboxylic acids is 1. The minimum Gasteiger partial charge on any atom is -0.491 e. The number of pyridine rings is 1. The van der Waals surface area contributed by atoms with Gasteiger partial charge in [-0.25, -0.2) is 4.98 Å². The number of aliphatic carboxylic acids is 1. The molecule has 0 atom stereocenters. The Bertz CT molecular complexity index is 1150. The number of anilines is 1. The van der Waals surface area contributed by atoms with Crippen LogP contribution in [0.4, 0.5) is 5.69 Å². The van der Waals surface area contributed by atoms with Crippen molar-refractivity contribution < 1.29 is 19.4 Å². The molecule has 0 saturated heterocycles. The smallest absolute Gasteiger partial charge is 0.303 e. The molecule has 2 aromatic carbocycles. The molecule has 0 fully saturated rings. The van der Waals surface area contributed by atoms with Gasteiger partial charge in [0.1, 0.15) is 10.9 Å². The zero-order valence-corrected chi connectivity index (χ0v) is 19.6. The molecule has 0 radical (unpaired) electrons. The standard InChI is InChI=1S/C25H24Cl2N2O4/c1-16-12-24(27)29-14-19(16)18-13-17(9-10-20(18)26)22(30)15-28-21-6-2-3-7-23(21)33-11-5-4-8-25(31)32/h2-3,6-7,9-10,12-14,28H,4-5,8,11,15H2,1H3,(H,31,32). The summed E-state index contributed by atoms with van der Waals surface area (Å²) in [5.41, 5.74) is 3.65. The SMILES string of the molecule is Cc1cc(Cl)ncc1-c1cc(C(=O)CNc2ccccc2OCCCCC(=O)O)ccc1Cl. The summed E-state index contributed by atoms with van der Waals surface area (Å²) >= 11 is 12.4. The van der Waals surface area contributed by atoms with Crippen molar-refractivity contribution in [2.24, 2.45) is 0 Å². The lowest BCUT2D eigenvalue weighted by atomic mass is 9.99. The highest BCUT2D eigenvalue weighted by Crippen LogP contribution is 2.32. The van der Waals surface area contributed by atoms with E-state index in [0.717, 1.165) is 11.1 Å². The molecule has 2 N–H and O–H groups in total. The molecule has 6 nitrogen and oxygen atoms in total.